The van der Waals surface area contributed by atoms with E-state index in [2.05, 4.69) is 81.5 Å². The maximum absolute atomic E-state index is 12.3. The fourth-order valence-corrected chi connectivity index (χ4v) is 9.06. The molecule has 5 nitrogen and oxygen atoms in total. The minimum absolute atomic E-state index is 0.0989. The molecular formula is C28H44N2O3Si. The number of hydrogen-bond donors (Lipinski definition) is 2. The molecule has 0 heterocycles. The Kier molecular flexibility index (Phi) is 9.92. The van der Waals surface area contributed by atoms with Crippen molar-refractivity contribution in [2.75, 3.05) is 19.7 Å². The molecule has 0 aliphatic carbocycles. The Morgan fingerprint density at radius 2 is 1.44 bits per heavy atom. The number of rotatable bonds is 10. The molecule has 2 rings (SSSR count). The summed E-state index contributed by atoms with van der Waals surface area (Å²) in [5.74, 6) is 0.445. The molecule has 0 saturated carbocycles. The first kappa shape index (κ1) is 28.1. The van der Waals surface area contributed by atoms with Crippen LogP contribution in [-0.2, 0) is 9.16 Å². The van der Waals surface area contributed by atoms with Gasteiger partial charge in [-0.3, -0.25) is 0 Å². The van der Waals surface area contributed by atoms with E-state index in [0.717, 1.165) is 6.42 Å². The number of hydrogen-bond acceptors (Lipinski definition) is 4. The Morgan fingerprint density at radius 1 is 0.941 bits per heavy atom. The van der Waals surface area contributed by atoms with Gasteiger partial charge in [0, 0.05) is 13.2 Å². The molecular weight excluding hydrogens is 440 g/mol. The van der Waals surface area contributed by atoms with Gasteiger partial charge in [0.1, 0.15) is 5.60 Å². The van der Waals surface area contributed by atoms with Crippen LogP contribution in [0.15, 0.2) is 60.7 Å². The third-order valence-corrected chi connectivity index (χ3v) is 11.0. The second kappa shape index (κ2) is 12.0. The quantitative estimate of drug-likeness (QED) is 0.480. The zero-order chi connectivity index (χ0) is 25.4. The van der Waals surface area contributed by atoms with Gasteiger partial charge in [0.2, 0.25) is 0 Å². The molecule has 6 heteroatoms. The van der Waals surface area contributed by atoms with Crippen LogP contribution in [0.3, 0.4) is 0 Å². The topological polar surface area (TPSA) is 73.6 Å². The van der Waals surface area contributed by atoms with Gasteiger partial charge < -0.3 is 20.2 Å². The summed E-state index contributed by atoms with van der Waals surface area (Å²) >= 11 is 0. The molecule has 2 aromatic carbocycles. The van der Waals surface area contributed by atoms with Gasteiger partial charge in [0.25, 0.3) is 8.32 Å². The summed E-state index contributed by atoms with van der Waals surface area (Å²) in [6.45, 7) is 16.2. The number of alkyl carbamates (subject to hydrolysis) is 1. The lowest BCUT2D eigenvalue weighted by molar-refractivity contribution is 0.0510. The predicted molar refractivity (Wildman–Crippen MR) is 144 cm³/mol. The van der Waals surface area contributed by atoms with Crippen LogP contribution >= 0.6 is 0 Å². The maximum Gasteiger partial charge on any atom is 0.407 e. The van der Waals surface area contributed by atoms with Crippen molar-refractivity contribution in [3.8, 4) is 0 Å². The highest BCUT2D eigenvalue weighted by Gasteiger charge is 2.50. The number of ether oxygens (including phenoxy) is 1. The van der Waals surface area contributed by atoms with Crippen molar-refractivity contribution >= 4 is 24.8 Å². The van der Waals surface area contributed by atoms with Crippen LogP contribution in [0.2, 0.25) is 5.04 Å². The van der Waals surface area contributed by atoms with E-state index in [-0.39, 0.29) is 11.0 Å². The van der Waals surface area contributed by atoms with Crippen molar-refractivity contribution in [3.05, 3.63) is 60.7 Å². The highest BCUT2D eigenvalue weighted by molar-refractivity contribution is 6.99. The molecule has 2 aromatic rings. The third-order valence-electron chi connectivity index (χ3n) is 6.02. The molecule has 0 aliphatic heterocycles. The summed E-state index contributed by atoms with van der Waals surface area (Å²) in [5.41, 5.74) is 5.42. The smallest absolute Gasteiger partial charge is 0.407 e. The fourth-order valence-electron chi connectivity index (χ4n) is 4.42. The van der Waals surface area contributed by atoms with Crippen molar-refractivity contribution in [2.45, 2.75) is 65.5 Å². The van der Waals surface area contributed by atoms with Crippen LogP contribution in [0.1, 0.15) is 54.9 Å². The lowest BCUT2D eigenvalue weighted by Crippen LogP contribution is -2.67. The summed E-state index contributed by atoms with van der Waals surface area (Å²) < 4.78 is 12.6. The minimum Gasteiger partial charge on any atom is -0.444 e. The second-order valence-corrected chi connectivity index (χ2v) is 15.6. The van der Waals surface area contributed by atoms with E-state index in [1.54, 1.807) is 0 Å². The van der Waals surface area contributed by atoms with Gasteiger partial charge in [-0.2, -0.15) is 0 Å². The number of benzene rings is 2. The largest absolute Gasteiger partial charge is 0.444 e. The monoisotopic (exact) mass is 484 g/mol. The molecule has 0 aromatic heterocycles. The molecule has 0 saturated heterocycles. The van der Waals surface area contributed by atoms with E-state index in [0.29, 0.717) is 25.6 Å². The van der Waals surface area contributed by atoms with Crippen molar-refractivity contribution in [2.24, 2.45) is 17.6 Å². The number of carbonyl (C=O) groups is 1. The van der Waals surface area contributed by atoms with Crippen molar-refractivity contribution in [1.29, 1.82) is 0 Å². The number of carbonyl (C=O) groups excluding carboxylic acids is 1. The predicted octanol–water partition coefficient (Wildman–Crippen LogP) is 4.69. The molecule has 0 spiro atoms. The van der Waals surface area contributed by atoms with E-state index in [1.807, 2.05) is 32.9 Å². The van der Waals surface area contributed by atoms with Crippen molar-refractivity contribution in [3.63, 3.8) is 0 Å². The molecule has 0 bridgehead atoms. The number of nitrogens with one attached hydrogen (secondary N) is 1. The first-order valence-electron chi connectivity index (χ1n) is 12.3. The van der Waals surface area contributed by atoms with E-state index >= 15 is 0 Å². The Labute approximate surface area is 207 Å². The lowest BCUT2D eigenvalue weighted by atomic mass is 9.96. The van der Waals surface area contributed by atoms with Gasteiger partial charge in [0.15, 0.2) is 0 Å². The lowest BCUT2D eigenvalue weighted by Gasteiger charge is -2.44. The Hall–Kier alpha value is -2.15. The first-order valence-corrected chi connectivity index (χ1v) is 14.2. The summed E-state index contributed by atoms with van der Waals surface area (Å²) in [7, 11) is -2.64. The average molecular weight is 485 g/mol. The van der Waals surface area contributed by atoms with Gasteiger partial charge in [0.05, 0.1) is 0 Å². The number of nitrogens with two attached hydrogens (primary N) is 1. The van der Waals surface area contributed by atoms with E-state index < -0.39 is 20.0 Å². The molecule has 2 atom stereocenters. The van der Waals surface area contributed by atoms with Gasteiger partial charge in [-0.05, 0) is 61.0 Å². The molecule has 0 fully saturated rings. The van der Waals surface area contributed by atoms with Crippen molar-refractivity contribution < 1.29 is 14.0 Å². The van der Waals surface area contributed by atoms with Crippen LogP contribution in [0, 0.1) is 11.8 Å². The zero-order valence-corrected chi connectivity index (χ0v) is 23.1. The van der Waals surface area contributed by atoms with Gasteiger partial charge in [-0.1, -0.05) is 88.4 Å². The van der Waals surface area contributed by atoms with Gasteiger partial charge >= 0.3 is 6.09 Å². The summed E-state index contributed by atoms with van der Waals surface area (Å²) in [6.07, 6.45) is 0.466. The van der Waals surface area contributed by atoms with Crippen LogP contribution < -0.4 is 21.4 Å². The molecule has 1 unspecified atom stereocenters. The first-order chi connectivity index (χ1) is 15.9. The third kappa shape index (κ3) is 7.69. The zero-order valence-electron chi connectivity index (χ0n) is 22.1. The molecule has 1 amide bonds. The fraction of sp³-hybridized carbons (Fsp3) is 0.536. The van der Waals surface area contributed by atoms with Crippen LogP contribution in [0.5, 0.6) is 0 Å². The molecule has 0 radical (unpaired) electrons. The highest BCUT2D eigenvalue weighted by Crippen LogP contribution is 2.37. The van der Waals surface area contributed by atoms with E-state index in [1.165, 1.54) is 10.4 Å². The van der Waals surface area contributed by atoms with Crippen LogP contribution in [0.4, 0.5) is 4.79 Å². The molecule has 0 aliphatic rings. The maximum atomic E-state index is 12.3. The average Bonchev–Trinajstić information content (AvgIpc) is 2.77. The molecule has 3 N–H and O–H groups in total. The normalized spacial score (nSPS) is 14.4. The Balaban J connectivity index is 2.36. The summed E-state index contributed by atoms with van der Waals surface area (Å²) in [4.78, 5) is 12.3. The Bertz CT molecular complexity index is 837. The van der Waals surface area contributed by atoms with E-state index in [4.69, 9.17) is 14.9 Å². The standard InChI is InChI=1S/C28H44N2O3Si/c1-22(19-29)18-23(20-30-26(31)33-27(2,3)4)21-32-34(28(5,6)7,24-14-10-8-11-15-24)25-16-12-9-13-17-25/h8-17,22-23H,18-21,29H2,1-7H3,(H,30,31)/t22-,23?/m1/s1. The van der Waals surface area contributed by atoms with Crippen LogP contribution in [0.25, 0.3) is 0 Å². The minimum atomic E-state index is -2.64. The second-order valence-electron chi connectivity index (χ2n) is 11.3. The SMILES string of the molecule is C[C@@H](CN)CC(CNC(=O)OC(C)(C)C)CO[Si](c1ccccc1)(c1ccccc1)C(C)(C)C. The van der Waals surface area contributed by atoms with E-state index in [9.17, 15) is 4.79 Å². The molecule has 34 heavy (non-hydrogen) atoms. The highest BCUT2D eigenvalue weighted by atomic mass is 28.4. The van der Waals surface area contributed by atoms with Crippen molar-refractivity contribution in [1.82, 2.24) is 5.32 Å². The molecule has 188 valence electrons. The van der Waals surface area contributed by atoms with Crippen LogP contribution in [-0.4, -0.2) is 39.7 Å². The Morgan fingerprint density at radius 3 is 1.85 bits per heavy atom. The van der Waals surface area contributed by atoms with Gasteiger partial charge in [-0.15, -0.1) is 0 Å². The summed E-state index contributed by atoms with van der Waals surface area (Å²) in [5, 5.41) is 5.36. The summed E-state index contributed by atoms with van der Waals surface area (Å²) in [6, 6.07) is 21.2. The number of amides is 1. The van der Waals surface area contributed by atoms with Gasteiger partial charge in [-0.25, -0.2) is 4.79 Å².